The number of nitro groups is 1. The van der Waals surface area contributed by atoms with Crippen molar-refractivity contribution in [1.29, 1.82) is 0 Å². The Labute approximate surface area is 114 Å². The summed E-state index contributed by atoms with van der Waals surface area (Å²) in [4.78, 5) is 21.9. The van der Waals surface area contributed by atoms with Crippen molar-refractivity contribution >= 4 is 17.3 Å². The van der Waals surface area contributed by atoms with Gasteiger partial charge in [-0.2, -0.15) is 0 Å². The number of nitro benzene ring substituents is 1. The molecule has 2 rings (SSSR count). The van der Waals surface area contributed by atoms with Crippen molar-refractivity contribution in [2.75, 3.05) is 18.8 Å². The van der Waals surface area contributed by atoms with Gasteiger partial charge in [0.2, 0.25) is 0 Å². The van der Waals surface area contributed by atoms with E-state index in [9.17, 15) is 19.3 Å². The number of carbonyl (C=O) groups is 1. The van der Waals surface area contributed by atoms with E-state index in [0.29, 0.717) is 12.6 Å². The zero-order valence-electron chi connectivity index (χ0n) is 10.7. The van der Waals surface area contributed by atoms with Gasteiger partial charge in [-0.25, -0.2) is 4.39 Å². The Bertz CT molecular complexity index is 544. The van der Waals surface area contributed by atoms with Crippen molar-refractivity contribution in [3.8, 4) is 0 Å². The first-order valence-electron chi connectivity index (χ1n) is 6.24. The van der Waals surface area contributed by atoms with Crippen molar-refractivity contribution in [1.82, 2.24) is 10.6 Å². The molecule has 8 heteroatoms. The molecular weight excluding hydrogens is 267 g/mol. The number of anilines is 1. The number of halogens is 1. The summed E-state index contributed by atoms with van der Waals surface area (Å²) in [6, 6.07) is 1.77. The number of amides is 1. The van der Waals surface area contributed by atoms with Crippen LogP contribution in [0, 0.1) is 15.9 Å². The predicted octanol–water partition coefficient (Wildman–Crippen LogP) is 0.798. The van der Waals surface area contributed by atoms with Crippen LogP contribution in [0.25, 0.3) is 0 Å². The first kappa shape index (κ1) is 14.2. The third-order valence-corrected chi connectivity index (χ3v) is 3.24. The molecule has 1 saturated heterocycles. The van der Waals surface area contributed by atoms with Crippen LogP contribution in [0.5, 0.6) is 0 Å². The molecule has 1 aliphatic rings. The van der Waals surface area contributed by atoms with Crippen LogP contribution in [0.15, 0.2) is 12.1 Å². The monoisotopic (exact) mass is 282 g/mol. The van der Waals surface area contributed by atoms with E-state index in [-0.39, 0.29) is 17.3 Å². The molecule has 0 spiro atoms. The van der Waals surface area contributed by atoms with Gasteiger partial charge in [0.1, 0.15) is 11.5 Å². The highest BCUT2D eigenvalue weighted by molar-refractivity contribution is 6.01. The molecule has 0 radical (unpaired) electrons. The van der Waals surface area contributed by atoms with E-state index in [1.165, 1.54) is 0 Å². The third kappa shape index (κ3) is 3.02. The van der Waals surface area contributed by atoms with Gasteiger partial charge < -0.3 is 16.4 Å². The number of nitrogens with one attached hydrogen (secondary N) is 2. The molecule has 1 heterocycles. The third-order valence-electron chi connectivity index (χ3n) is 3.24. The average molecular weight is 282 g/mol. The molecular formula is C12H15FN4O3. The second-order valence-electron chi connectivity index (χ2n) is 4.65. The zero-order chi connectivity index (χ0) is 14.7. The van der Waals surface area contributed by atoms with E-state index in [2.05, 4.69) is 10.6 Å². The maximum absolute atomic E-state index is 13.3. The molecule has 20 heavy (non-hydrogen) atoms. The standard InChI is InChI=1S/C12H15FN4O3/c13-7-4-9(11(14)10(5-7)17(19)20)12(18)16-6-8-2-1-3-15-8/h4-5,8,15H,1-3,6,14H2,(H,16,18). The number of hydrogen-bond donors (Lipinski definition) is 3. The number of nitrogens with two attached hydrogens (primary N) is 1. The van der Waals surface area contributed by atoms with Crippen molar-refractivity contribution in [3.63, 3.8) is 0 Å². The molecule has 1 unspecified atom stereocenters. The number of nitrogen functional groups attached to an aromatic ring is 1. The van der Waals surface area contributed by atoms with Gasteiger partial charge in [-0.15, -0.1) is 0 Å². The summed E-state index contributed by atoms with van der Waals surface area (Å²) in [5.41, 5.74) is 4.41. The van der Waals surface area contributed by atoms with Crippen LogP contribution in [0.1, 0.15) is 23.2 Å². The predicted molar refractivity (Wildman–Crippen MR) is 70.8 cm³/mol. The SMILES string of the molecule is Nc1c(C(=O)NCC2CCCN2)cc(F)cc1[N+](=O)[O-]. The van der Waals surface area contributed by atoms with Crippen molar-refractivity contribution in [2.24, 2.45) is 0 Å². The average Bonchev–Trinajstić information content (AvgIpc) is 2.91. The highest BCUT2D eigenvalue weighted by Gasteiger charge is 2.22. The minimum Gasteiger partial charge on any atom is -0.393 e. The van der Waals surface area contributed by atoms with Gasteiger partial charge in [-0.05, 0) is 25.5 Å². The Morgan fingerprint density at radius 1 is 1.60 bits per heavy atom. The van der Waals surface area contributed by atoms with Crippen molar-refractivity contribution in [3.05, 3.63) is 33.6 Å². The molecule has 0 aliphatic carbocycles. The van der Waals surface area contributed by atoms with E-state index in [0.717, 1.165) is 25.5 Å². The summed E-state index contributed by atoms with van der Waals surface area (Å²) >= 11 is 0. The molecule has 1 fully saturated rings. The lowest BCUT2D eigenvalue weighted by Gasteiger charge is -2.12. The summed E-state index contributed by atoms with van der Waals surface area (Å²) in [6.07, 6.45) is 1.98. The number of benzene rings is 1. The Balaban J connectivity index is 2.14. The number of nitrogens with zero attached hydrogens (tertiary/aromatic N) is 1. The number of carbonyl (C=O) groups excluding carboxylic acids is 1. The van der Waals surface area contributed by atoms with Gasteiger partial charge in [0.15, 0.2) is 0 Å². The minimum atomic E-state index is -0.866. The smallest absolute Gasteiger partial charge is 0.295 e. The van der Waals surface area contributed by atoms with Gasteiger partial charge in [-0.3, -0.25) is 14.9 Å². The topological polar surface area (TPSA) is 110 Å². The fourth-order valence-electron chi connectivity index (χ4n) is 2.18. The van der Waals surface area contributed by atoms with Gasteiger partial charge in [0, 0.05) is 12.6 Å². The van der Waals surface area contributed by atoms with Crippen LogP contribution in [-0.4, -0.2) is 30.0 Å². The highest BCUT2D eigenvalue weighted by Crippen LogP contribution is 2.26. The Hall–Kier alpha value is -2.22. The molecule has 0 aromatic heterocycles. The van der Waals surface area contributed by atoms with E-state index < -0.39 is 22.3 Å². The van der Waals surface area contributed by atoms with E-state index >= 15 is 0 Å². The largest absolute Gasteiger partial charge is 0.393 e. The van der Waals surface area contributed by atoms with Crippen LogP contribution >= 0.6 is 0 Å². The molecule has 1 aromatic carbocycles. The fraction of sp³-hybridized carbons (Fsp3) is 0.417. The summed E-state index contributed by atoms with van der Waals surface area (Å²) in [7, 11) is 0. The summed E-state index contributed by atoms with van der Waals surface area (Å²) < 4.78 is 13.3. The van der Waals surface area contributed by atoms with Crippen LogP contribution in [-0.2, 0) is 0 Å². The van der Waals surface area contributed by atoms with E-state index in [1.807, 2.05) is 0 Å². The minimum absolute atomic E-state index is 0.170. The quantitative estimate of drug-likeness (QED) is 0.430. The van der Waals surface area contributed by atoms with Crippen molar-refractivity contribution < 1.29 is 14.1 Å². The molecule has 7 nitrogen and oxygen atoms in total. The zero-order valence-corrected chi connectivity index (χ0v) is 10.7. The molecule has 1 atom stereocenters. The van der Waals surface area contributed by atoms with Gasteiger partial charge >= 0.3 is 0 Å². The second kappa shape index (κ2) is 5.83. The first-order chi connectivity index (χ1) is 9.49. The van der Waals surface area contributed by atoms with Crippen LogP contribution in [0.2, 0.25) is 0 Å². The van der Waals surface area contributed by atoms with Crippen LogP contribution in [0.4, 0.5) is 15.8 Å². The van der Waals surface area contributed by atoms with Crippen LogP contribution in [0.3, 0.4) is 0 Å². The normalized spacial score (nSPS) is 17.9. The lowest BCUT2D eigenvalue weighted by Crippen LogP contribution is -2.37. The van der Waals surface area contributed by atoms with E-state index in [1.54, 1.807) is 0 Å². The van der Waals surface area contributed by atoms with Gasteiger partial charge in [0.25, 0.3) is 11.6 Å². The molecule has 0 bridgehead atoms. The molecule has 1 aromatic rings. The van der Waals surface area contributed by atoms with Gasteiger partial charge in [0.05, 0.1) is 16.6 Å². The fourth-order valence-corrected chi connectivity index (χ4v) is 2.18. The Kier molecular flexibility index (Phi) is 4.14. The van der Waals surface area contributed by atoms with E-state index in [4.69, 9.17) is 5.73 Å². The maximum Gasteiger partial charge on any atom is 0.295 e. The molecule has 108 valence electrons. The molecule has 4 N–H and O–H groups in total. The Morgan fingerprint density at radius 3 is 2.95 bits per heavy atom. The number of rotatable bonds is 4. The lowest BCUT2D eigenvalue weighted by atomic mass is 10.1. The van der Waals surface area contributed by atoms with Crippen LogP contribution < -0.4 is 16.4 Å². The highest BCUT2D eigenvalue weighted by atomic mass is 19.1. The summed E-state index contributed by atoms with van der Waals surface area (Å²) in [5.74, 6) is -1.48. The lowest BCUT2D eigenvalue weighted by molar-refractivity contribution is -0.384. The van der Waals surface area contributed by atoms with Crippen molar-refractivity contribution in [2.45, 2.75) is 18.9 Å². The Morgan fingerprint density at radius 2 is 2.35 bits per heavy atom. The summed E-state index contributed by atoms with van der Waals surface area (Å²) in [6.45, 7) is 1.27. The summed E-state index contributed by atoms with van der Waals surface area (Å²) in [5, 5.41) is 16.5. The molecule has 0 saturated carbocycles. The first-order valence-corrected chi connectivity index (χ1v) is 6.24. The molecule has 1 amide bonds. The van der Waals surface area contributed by atoms with Gasteiger partial charge in [-0.1, -0.05) is 0 Å². The second-order valence-corrected chi connectivity index (χ2v) is 4.65. The molecule has 1 aliphatic heterocycles. The maximum atomic E-state index is 13.3. The number of hydrogen-bond acceptors (Lipinski definition) is 5.